The summed E-state index contributed by atoms with van der Waals surface area (Å²) < 4.78 is 20.4. The van der Waals surface area contributed by atoms with Crippen LogP contribution in [-0.4, -0.2) is 33.4 Å². The molecule has 0 fully saturated rings. The average Bonchev–Trinajstić information content (AvgIpc) is 3.21. The lowest BCUT2D eigenvalue weighted by Gasteiger charge is -2.09. The number of para-hydroxylation sites is 1. The molecule has 3 aromatic carbocycles. The van der Waals surface area contributed by atoms with Gasteiger partial charge in [-0.15, -0.1) is 5.10 Å². The Bertz CT molecular complexity index is 1490. The summed E-state index contributed by atoms with van der Waals surface area (Å²) in [6.07, 6.45) is 0.757. The van der Waals surface area contributed by atoms with Crippen molar-refractivity contribution in [2.45, 2.75) is 6.42 Å². The second-order valence-electron chi connectivity index (χ2n) is 7.87. The van der Waals surface area contributed by atoms with Crippen LogP contribution in [0.25, 0.3) is 28.0 Å². The van der Waals surface area contributed by atoms with Gasteiger partial charge in [-0.1, -0.05) is 35.9 Å². The fraction of sp³-hybridized carbons (Fsp3) is 0.115. The molecule has 35 heavy (non-hydrogen) atoms. The third-order valence-electron chi connectivity index (χ3n) is 5.62. The first-order valence-electron chi connectivity index (χ1n) is 11.0. The Labute approximate surface area is 206 Å². The minimum Gasteiger partial charge on any atom is -0.497 e. The molecule has 0 unspecified atom stereocenters. The summed E-state index contributed by atoms with van der Waals surface area (Å²) in [4.78, 5) is 9.32. The van der Waals surface area contributed by atoms with Crippen LogP contribution in [0.3, 0.4) is 0 Å². The zero-order chi connectivity index (χ0) is 24.4. The van der Waals surface area contributed by atoms with Gasteiger partial charge in [-0.05, 0) is 60.5 Å². The molecule has 5 aromatic rings. The second-order valence-corrected chi connectivity index (χ2v) is 8.28. The predicted molar refractivity (Wildman–Crippen MR) is 137 cm³/mol. The lowest BCUT2D eigenvalue weighted by atomic mass is 10.1. The van der Waals surface area contributed by atoms with Gasteiger partial charge >= 0.3 is 0 Å². The van der Waals surface area contributed by atoms with Gasteiger partial charge in [0.1, 0.15) is 17.4 Å². The molecule has 7 nitrogen and oxygen atoms in total. The van der Waals surface area contributed by atoms with E-state index in [4.69, 9.17) is 27.1 Å². The average molecular weight is 489 g/mol. The SMILES string of the molecule is COc1ccc(CCNc2nc(-c3ccc(F)cc3)c3c(N)n(-c4ccccc4Cl)nc3n2)cc1. The number of rotatable bonds is 7. The third-order valence-corrected chi connectivity index (χ3v) is 5.94. The fourth-order valence-electron chi connectivity index (χ4n) is 3.83. The summed E-state index contributed by atoms with van der Waals surface area (Å²) in [6, 6.07) is 21.2. The molecule has 0 bridgehead atoms. The number of fused-ring (bicyclic) bond motifs is 1. The normalized spacial score (nSPS) is 11.1. The Morgan fingerprint density at radius 1 is 1.00 bits per heavy atom. The van der Waals surface area contributed by atoms with Crippen molar-refractivity contribution in [3.05, 3.63) is 89.2 Å². The Morgan fingerprint density at radius 2 is 1.74 bits per heavy atom. The smallest absolute Gasteiger partial charge is 0.225 e. The lowest BCUT2D eigenvalue weighted by Crippen LogP contribution is -2.09. The standard InChI is InChI=1S/C26H22ClFN6O/c1-35-19-12-6-16(7-13-19)14-15-30-26-31-23(17-8-10-18(28)11-9-17)22-24(29)34(33-25(22)32-26)21-5-3-2-4-20(21)27/h2-13H,14-15,29H2,1H3,(H,30,32,33). The van der Waals surface area contributed by atoms with Crippen LogP contribution in [0.2, 0.25) is 5.02 Å². The number of nitrogen functional groups attached to an aromatic ring is 1. The highest BCUT2D eigenvalue weighted by Crippen LogP contribution is 2.34. The van der Waals surface area contributed by atoms with Crippen molar-refractivity contribution in [1.29, 1.82) is 0 Å². The molecular formula is C26H22ClFN6O. The van der Waals surface area contributed by atoms with Gasteiger partial charge in [0.25, 0.3) is 0 Å². The van der Waals surface area contributed by atoms with Gasteiger partial charge in [-0.25, -0.2) is 14.1 Å². The van der Waals surface area contributed by atoms with E-state index < -0.39 is 0 Å². The molecule has 0 aliphatic heterocycles. The van der Waals surface area contributed by atoms with E-state index in [0.29, 0.717) is 51.3 Å². The molecule has 0 atom stereocenters. The first-order valence-corrected chi connectivity index (χ1v) is 11.3. The number of nitrogens with zero attached hydrogens (tertiary/aromatic N) is 4. The molecule has 0 radical (unpaired) electrons. The number of ether oxygens (including phenoxy) is 1. The fourth-order valence-corrected chi connectivity index (χ4v) is 4.04. The second kappa shape index (κ2) is 9.60. The van der Waals surface area contributed by atoms with Gasteiger partial charge in [0.15, 0.2) is 5.65 Å². The number of methoxy groups -OCH3 is 1. The molecule has 5 rings (SSSR count). The highest BCUT2D eigenvalue weighted by molar-refractivity contribution is 6.32. The Kier molecular flexibility index (Phi) is 6.20. The van der Waals surface area contributed by atoms with Gasteiger partial charge in [0.05, 0.1) is 28.9 Å². The number of nitrogens with one attached hydrogen (secondary N) is 1. The zero-order valence-electron chi connectivity index (χ0n) is 18.9. The molecule has 0 saturated carbocycles. The van der Waals surface area contributed by atoms with E-state index >= 15 is 0 Å². The number of hydrogen-bond acceptors (Lipinski definition) is 6. The van der Waals surface area contributed by atoms with E-state index in [0.717, 1.165) is 17.7 Å². The van der Waals surface area contributed by atoms with E-state index in [1.54, 1.807) is 30.0 Å². The van der Waals surface area contributed by atoms with Gasteiger partial charge < -0.3 is 15.8 Å². The number of halogens is 2. The molecule has 9 heteroatoms. The van der Waals surface area contributed by atoms with Crippen LogP contribution in [0, 0.1) is 5.82 Å². The topological polar surface area (TPSA) is 90.9 Å². The van der Waals surface area contributed by atoms with Crippen LogP contribution in [0.1, 0.15) is 5.56 Å². The van der Waals surface area contributed by atoms with E-state index in [2.05, 4.69) is 15.4 Å². The molecule has 2 heterocycles. The van der Waals surface area contributed by atoms with Crippen molar-refractivity contribution in [2.75, 3.05) is 24.7 Å². The maximum Gasteiger partial charge on any atom is 0.225 e. The minimum atomic E-state index is -0.336. The monoisotopic (exact) mass is 488 g/mol. The molecule has 176 valence electrons. The van der Waals surface area contributed by atoms with Crippen molar-refractivity contribution < 1.29 is 9.13 Å². The molecule has 0 saturated heterocycles. The van der Waals surface area contributed by atoms with Crippen molar-refractivity contribution in [3.63, 3.8) is 0 Å². The Morgan fingerprint density at radius 3 is 2.46 bits per heavy atom. The van der Waals surface area contributed by atoms with Gasteiger partial charge in [0.2, 0.25) is 5.95 Å². The Hall–Kier alpha value is -4.17. The van der Waals surface area contributed by atoms with Crippen LogP contribution < -0.4 is 15.8 Å². The van der Waals surface area contributed by atoms with Crippen molar-refractivity contribution in [3.8, 4) is 22.7 Å². The van der Waals surface area contributed by atoms with Gasteiger partial charge in [-0.2, -0.15) is 4.98 Å². The van der Waals surface area contributed by atoms with E-state index in [-0.39, 0.29) is 5.82 Å². The number of nitrogens with two attached hydrogens (primary N) is 1. The highest BCUT2D eigenvalue weighted by Gasteiger charge is 2.20. The molecule has 0 spiro atoms. The molecular weight excluding hydrogens is 467 g/mol. The van der Waals surface area contributed by atoms with Crippen LogP contribution >= 0.6 is 11.6 Å². The van der Waals surface area contributed by atoms with E-state index in [9.17, 15) is 4.39 Å². The van der Waals surface area contributed by atoms with Crippen molar-refractivity contribution in [1.82, 2.24) is 19.7 Å². The summed E-state index contributed by atoms with van der Waals surface area (Å²) in [7, 11) is 1.64. The Balaban J connectivity index is 1.53. The van der Waals surface area contributed by atoms with Crippen molar-refractivity contribution >= 4 is 34.4 Å². The van der Waals surface area contributed by atoms with Crippen LogP contribution in [0.4, 0.5) is 16.2 Å². The van der Waals surface area contributed by atoms with Crippen LogP contribution in [0.5, 0.6) is 5.75 Å². The molecule has 3 N–H and O–H groups in total. The third kappa shape index (κ3) is 4.61. The lowest BCUT2D eigenvalue weighted by molar-refractivity contribution is 0.414. The quantitative estimate of drug-likeness (QED) is 0.313. The van der Waals surface area contributed by atoms with Gasteiger partial charge in [0, 0.05) is 12.1 Å². The summed E-state index contributed by atoms with van der Waals surface area (Å²) >= 11 is 6.40. The largest absolute Gasteiger partial charge is 0.497 e. The summed E-state index contributed by atoms with van der Waals surface area (Å²) in [6.45, 7) is 0.599. The molecule has 2 aromatic heterocycles. The summed E-state index contributed by atoms with van der Waals surface area (Å²) in [5.74, 6) is 1.22. The minimum absolute atomic E-state index is 0.336. The first kappa shape index (κ1) is 22.6. The predicted octanol–water partition coefficient (Wildman–Crippen LogP) is 5.52. The van der Waals surface area contributed by atoms with E-state index in [1.807, 2.05) is 42.5 Å². The van der Waals surface area contributed by atoms with Crippen molar-refractivity contribution in [2.24, 2.45) is 0 Å². The maximum absolute atomic E-state index is 13.6. The number of benzene rings is 3. The number of aromatic nitrogens is 4. The van der Waals surface area contributed by atoms with Gasteiger partial charge in [-0.3, -0.25) is 0 Å². The summed E-state index contributed by atoms with van der Waals surface area (Å²) in [5, 5.41) is 8.96. The zero-order valence-corrected chi connectivity index (χ0v) is 19.6. The van der Waals surface area contributed by atoms with Crippen LogP contribution in [0.15, 0.2) is 72.8 Å². The summed E-state index contributed by atoms with van der Waals surface area (Å²) in [5.41, 5.74) is 9.94. The molecule has 0 amide bonds. The number of anilines is 2. The first-order chi connectivity index (χ1) is 17.0. The molecule has 0 aliphatic carbocycles. The number of hydrogen-bond donors (Lipinski definition) is 2. The van der Waals surface area contributed by atoms with E-state index in [1.165, 1.54) is 12.1 Å². The highest BCUT2D eigenvalue weighted by atomic mass is 35.5. The molecule has 0 aliphatic rings. The van der Waals surface area contributed by atoms with Crippen LogP contribution in [-0.2, 0) is 6.42 Å². The maximum atomic E-state index is 13.6.